The molecule has 4 atom stereocenters. The third-order valence-electron chi connectivity index (χ3n) is 10.6. The number of carbonyl (C=O) groups excluding carboxylic acids is 1. The zero-order valence-electron chi connectivity index (χ0n) is 25.9. The summed E-state index contributed by atoms with van der Waals surface area (Å²) in [6, 6.07) is 9.62. The Balaban J connectivity index is 1.18. The molecule has 3 fully saturated rings. The number of benzene rings is 1. The van der Waals surface area contributed by atoms with Gasteiger partial charge in [0.2, 0.25) is 5.75 Å². The highest BCUT2D eigenvalue weighted by molar-refractivity contribution is 7.22. The van der Waals surface area contributed by atoms with E-state index in [-0.39, 0.29) is 31.2 Å². The van der Waals surface area contributed by atoms with Crippen LogP contribution in [-0.4, -0.2) is 90.4 Å². The van der Waals surface area contributed by atoms with Gasteiger partial charge in [-0.2, -0.15) is 5.26 Å². The molecule has 5 aliphatic rings. The van der Waals surface area contributed by atoms with Crippen molar-refractivity contribution >= 4 is 50.3 Å². The van der Waals surface area contributed by atoms with Gasteiger partial charge in [0.25, 0.3) is 11.8 Å². The predicted octanol–water partition coefficient (Wildman–Crippen LogP) is 5.64. The minimum Gasteiger partial charge on any atom is -0.484 e. The number of rotatable bonds is 6. The molecule has 47 heavy (non-hydrogen) atoms. The summed E-state index contributed by atoms with van der Waals surface area (Å²) in [7, 11) is 0. The number of pyridine rings is 1. The number of thiophene rings is 1. The van der Waals surface area contributed by atoms with Crippen LogP contribution in [0.5, 0.6) is 11.6 Å². The summed E-state index contributed by atoms with van der Waals surface area (Å²) in [5.74, 6) is -0.911. The van der Waals surface area contributed by atoms with Crippen LogP contribution in [-0.2, 0) is 17.8 Å². The van der Waals surface area contributed by atoms with Gasteiger partial charge in [0.1, 0.15) is 19.4 Å². The number of aromatic nitrogens is 1. The number of nitrogens with zero attached hydrogens (tertiary/aromatic N) is 6. The van der Waals surface area contributed by atoms with Crippen LogP contribution < -0.4 is 19.3 Å². The molecule has 0 aliphatic carbocycles. The Morgan fingerprint density at radius 3 is 3.00 bits per heavy atom. The van der Waals surface area contributed by atoms with E-state index in [0.29, 0.717) is 50.7 Å². The maximum absolute atomic E-state index is 14.6. The Morgan fingerprint density at radius 1 is 1.30 bits per heavy atom. The second kappa shape index (κ2) is 11.8. The van der Waals surface area contributed by atoms with Gasteiger partial charge < -0.3 is 24.2 Å². The van der Waals surface area contributed by atoms with E-state index in [2.05, 4.69) is 39.5 Å². The van der Waals surface area contributed by atoms with E-state index in [1.54, 1.807) is 11.3 Å². The standard InChI is InChI=1S/C34H35ClF2N6O3S/c1-20(36)33(44)43-16-23-18-45-31-30(42(23)15-22(43)6-9-38)24-7-11-40(27-4-2-5-28-25(27)12-29(35)47-28)17-26(24)39-32(31)46-19-34-8-3-10-41(34)14-21(37)13-34/h2,4-5,12,21-23H,1,3,6-8,10-11,13-19H2/t21-,22+,23?,34?/m1/s1. The van der Waals surface area contributed by atoms with Gasteiger partial charge >= 0.3 is 0 Å². The van der Waals surface area contributed by atoms with Crippen molar-refractivity contribution in [2.75, 3.05) is 55.7 Å². The number of fused-ring (bicyclic) bond motifs is 7. The lowest BCUT2D eigenvalue weighted by atomic mass is 9.94. The molecule has 0 bridgehead atoms. The summed E-state index contributed by atoms with van der Waals surface area (Å²) in [6.45, 7) is 6.85. The molecule has 9 nitrogen and oxygen atoms in total. The molecule has 1 aromatic carbocycles. The average molecular weight is 681 g/mol. The van der Waals surface area contributed by atoms with Crippen LogP contribution in [0.1, 0.15) is 36.9 Å². The van der Waals surface area contributed by atoms with E-state index in [1.165, 1.54) is 4.90 Å². The SMILES string of the molecule is C=C(F)C(=O)N1CC2COc3c(OCC45CCCN4C[C@H](F)C5)nc4c(c3N2C[C@@H]1CC#N)CCN(c1cccc2sc(Cl)cc12)C4. The first-order valence-corrected chi connectivity index (χ1v) is 17.4. The Kier molecular flexibility index (Phi) is 7.69. The molecule has 246 valence electrons. The first-order valence-electron chi connectivity index (χ1n) is 16.2. The van der Waals surface area contributed by atoms with Crippen LogP contribution in [0.15, 0.2) is 36.7 Å². The number of carbonyl (C=O) groups is 1. The van der Waals surface area contributed by atoms with Crippen molar-refractivity contribution in [2.45, 2.75) is 62.4 Å². The van der Waals surface area contributed by atoms with Gasteiger partial charge in [-0.3, -0.25) is 9.69 Å². The fourth-order valence-corrected chi connectivity index (χ4v) is 9.59. The Bertz CT molecular complexity index is 1820. The molecule has 0 saturated carbocycles. The number of nitriles is 1. The van der Waals surface area contributed by atoms with Crippen molar-refractivity contribution in [3.63, 3.8) is 0 Å². The fraction of sp³-hybridized carbons (Fsp3) is 0.500. The number of hydrogen-bond acceptors (Lipinski definition) is 9. The average Bonchev–Trinajstić information content (AvgIpc) is 3.73. The van der Waals surface area contributed by atoms with Crippen molar-refractivity contribution in [2.24, 2.45) is 0 Å². The Hall–Kier alpha value is -3.66. The number of ether oxygens (including phenoxy) is 2. The van der Waals surface area contributed by atoms with E-state index in [9.17, 15) is 18.8 Å². The van der Waals surface area contributed by atoms with E-state index in [1.807, 2.05) is 12.1 Å². The van der Waals surface area contributed by atoms with E-state index in [4.69, 9.17) is 26.1 Å². The first-order chi connectivity index (χ1) is 22.7. The summed E-state index contributed by atoms with van der Waals surface area (Å²) in [5, 5.41) is 10.7. The van der Waals surface area contributed by atoms with E-state index in [0.717, 1.165) is 63.0 Å². The first kappa shape index (κ1) is 30.7. The van der Waals surface area contributed by atoms with Gasteiger partial charge in [-0.1, -0.05) is 24.2 Å². The molecule has 1 amide bonds. The van der Waals surface area contributed by atoms with Gasteiger partial charge in [-0.15, -0.1) is 11.3 Å². The number of amides is 1. The monoisotopic (exact) mass is 680 g/mol. The molecule has 7 heterocycles. The van der Waals surface area contributed by atoms with Crippen LogP contribution >= 0.6 is 22.9 Å². The lowest BCUT2D eigenvalue weighted by Gasteiger charge is -2.50. The highest BCUT2D eigenvalue weighted by Gasteiger charge is 2.50. The molecule has 0 N–H and O–H groups in total. The third kappa shape index (κ3) is 5.18. The molecule has 3 saturated heterocycles. The van der Waals surface area contributed by atoms with Gasteiger partial charge in [0, 0.05) is 53.9 Å². The van der Waals surface area contributed by atoms with Gasteiger partial charge in [-0.25, -0.2) is 13.8 Å². The van der Waals surface area contributed by atoms with E-state index >= 15 is 0 Å². The van der Waals surface area contributed by atoms with E-state index < -0.39 is 23.9 Å². The molecule has 3 aromatic rings. The largest absolute Gasteiger partial charge is 0.484 e. The summed E-state index contributed by atoms with van der Waals surface area (Å²) < 4.78 is 43.5. The van der Waals surface area contributed by atoms with Crippen molar-refractivity contribution in [3.8, 4) is 17.7 Å². The number of piperazine rings is 1. The summed E-state index contributed by atoms with van der Waals surface area (Å²) in [4.78, 5) is 26.1. The van der Waals surface area contributed by atoms with Gasteiger partial charge in [0.05, 0.1) is 52.4 Å². The van der Waals surface area contributed by atoms with Crippen LogP contribution in [0.2, 0.25) is 4.34 Å². The van der Waals surface area contributed by atoms with Crippen LogP contribution in [0.4, 0.5) is 20.2 Å². The maximum Gasteiger partial charge on any atom is 0.282 e. The second-order valence-corrected chi connectivity index (χ2v) is 15.0. The molecule has 8 rings (SSSR count). The van der Waals surface area contributed by atoms with Crippen LogP contribution in [0, 0.1) is 11.3 Å². The fourth-order valence-electron chi connectivity index (χ4n) is 8.42. The molecule has 2 aromatic heterocycles. The minimum absolute atomic E-state index is 0.0544. The van der Waals surface area contributed by atoms with Crippen molar-refractivity contribution in [3.05, 3.63) is 52.3 Å². The van der Waals surface area contributed by atoms with Crippen molar-refractivity contribution < 1.29 is 23.0 Å². The highest BCUT2D eigenvalue weighted by atomic mass is 35.5. The summed E-state index contributed by atoms with van der Waals surface area (Å²) >= 11 is 7.96. The van der Waals surface area contributed by atoms with Crippen LogP contribution in [0.25, 0.3) is 10.1 Å². The molecule has 0 spiro atoms. The summed E-state index contributed by atoms with van der Waals surface area (Å²) in [6.07, 6.45) is 2.18. The zero-order valence-corrected chi connectivity index (χ0v) is 27.5. The van der Waals surface area contributed by atoms with Crippen molar-refractivity contribution in [1.82, 2.24) is 14.8 Å². The Morgan fingerprint density at radius 2 is 2.17 bits per heavy atom. The number of hydrogen-bond donors (Lipinski definition) is 0. The molecule has 5 aliphatic heterocycles. The molecule has 2 unspecified atom stereocenters. The minimum atomic E-state index is -1.04. The highest BCUT2D eigenvalue weighted by Crippen LogP contribution is 2.49. The van der Waals surface area contributed by atoms with Gasteiger partial charge in [-0.05, 0) is 44.0 Å². The molecule has 13 heteroatoms. The quantitative estimate of drug-likeness (QED) is 0.310. The lowest BCUT2D eigenvalue weighted by molar-refractivity contribution is -0.132. The predicted molar refractivity (Wildman–Crippen MR) is 177 cm³/mol. The summed E-state index contributed by atoms with van der Waals surface area (Å²) in [5.41, 5.74) is 3.48. The number of alkyl halides is 1. The smallest absolute Gasteiger partial charge is 0.282 e. The van der Waals surface area contributed by atoms with Gasteiger partial charge in [0.15, 0.2) is 5.83 Å². The van der Waals surface area contributed by atoms with Crippen molar-refractivity contribution in [1.29, 1.82) is 5.26 Å². The third-order valence-corrected chi connectivity index (χ3v) is 11.8. The normalized spacial score (nSPS) is 26.7. The number of halogens is 3. The molecule has 0 radical (unpaired) electrons. The molecular weight excluding hydrogens is 646 g/mol. The Labute approximate surface area is 280 Å². The lowest BCUT2D eigenvalue weighted by Crippen LogP contribution is -2.63. The molecular formula is C34H35ClF2N6O3S. The topological polar surface area (TPSA) is 85.2 Å². The maximum atomic E-state index is 14.6. The zero-order chi connectivity index (χ0) is 32.4. The van der Waals surface area contributed by atoms with Crippen LogP contribution in [0.3, 0.4) is 0 Å². The number of anilines is 2. The second-order valence-electron chi connectivity index (χ2n) is 13.3.